The predicted octanol–water partition coefficient (Wildman–Crippen LogP) is 2.63. The van der Waals surface area contributed by atoms with Gasteiger partial charge in [-0.2, -0.15) is 11.8 Å². The minimum atomic E-state index is 0.285. The average Bonchev–Trinajstić information content (AvgIpc) is 2.81. The molecule has 1 aliphatic rings. The molecule has 2 N–H and O–H groups in total. The van der Waals surface area contributed by atoms with Gasteiger partial charge in [0.05, 0.1) is 0 Å². The number of thioether (sulfide) groups is 1. The minimum absolute atomic E-state index is 0.285. The fourth-order valence-electron chi connectivity index (χ4n) is 2.20. The summed E-state index contributed by atoms with van der Waals surface area (Å²) in [6.45, 7) is 0. The minimum Gasteiger partial charge on any atom is -0.327 e. The lowest BCUT2D eigenvalue weighted by Crippen LogP contribution is -2.26. The Kier molecular flexibility index (Phi) is 4.67. The molecule has 3 heteroatoms. The molecular formula is C13H20N2S. The molecule has 0 saturated heterocycles. The number of rotatable bonds is 5. The summed E-state index contributed by atoms with van der Waals surface area (Å²) in [5, 5.41) is 0.878. The summed E-state index contributed by atoms with van der Waals surface area (Å²) < 4.78 is 0. The second kappa shape index (κ2) is 6.26. The van der Waals surface area contributed by atoms with E-state index in [1.807, 2.05) is 12.4 Å². The lowest BCUT2D eigenvalue weighted by Gasteiger charge is -2.14. The van der Waals surface area contributed by atoms with Gasteiger partial charge in [-0.1, -0.05) is 12.8 Å². The summed E-state index contributed by atoms with van der Waals surface area (Å²) in [6.07, 6.45) is 10.3. The van der Waals surface area contributed by atoms with Gasteiger partial charge in [0.1, 0.15) is 0 Å². The SMILES string of the molecule is NC(CSC1CCCC1)Cc1ccncc1. The Morgan fingerprint density at radius 3 is 2.69 bits per heavy atom. The number of nitrogens with two attached hydrogens (primary N) is 1. The van der Waals surface area contributed by atoms with E-state index in [0.717, 1.165) is 17.4 Å². The van der Waals surface area contributed by atoms with E-state index >= 15 is 0 Å². The Morgan fingerprint density at radius 2 is 2.00 bits per heavy atom. The van der Waals surface area contributed by atoms with Crippen LogP contribution in [0.2, 0.25) is 0 Å². The molecule has 0 bridgehead atoms. The Labute approximate surface area is 102 Å². The number of nitrogens with zero attached hydrogens (tertiary/aromatic N) is 1. The number of hydrogen-bond donors (Lipinski definition) is 1. The van der Waals surface area contributed by atoms with E-state index in [1.54, 1.807) is 0 Å². The first kappa shape index (κ1) is 11.9. The Hall–Kier alpha value is -0.540. The molecule has 0 aliphatic heterocycles. The highest BCUT2D eigenvalue weighted by Gasteiger charge is 2.16. The van der Waals surface area contributed by atoms with E-state index in [2.05, 4.69) is 28.9 Å². The Balaban J connectivity index is 1.69. The van der Waals surface area contributed by atoms with Gasteiger partial charge >= 0.3 is 0 Å². The molecule has 1 unspecified atom stereocenters. The van der Waals surface area contributed by atoms with Crippen molar-refractivity contribution in [2.45, 2.75) is 43.4 Å². The van der Waals surface area contributed by atoms with Crippen molar-refractivity contribution < 1.29 is 0 Å². The first-order valence-corrected chi connectivity index (χ1v) is 7.15. The highest BCUT2D eigenvalue weighted by Crippen LogP contribution is 2.29. The van der Waals surface area contributed by atoms with Gasteiger partial charge in [-0.15, -0.1) is 0 Å². The molecule has 0 aromatic carbocycles. The summed E-state index contributed by atoms with van der Waals surface area (Å²) in [5.74, 6) is 1.09. The Bertz CT molecular complexity index is 296. The normalized spacial score (nSPS) is 18.8. The molecule has 16 heavy (non-hydrogen) atoms. The monoisotopic (exact) mass is 236 g/mol. The molecule has 2 rings (SSSR count). The zero-order valence-corrected chi connectivity index (χ0v) is 10.5. The molecular weight excluding hydrogens is 216 g/mol. The molecule has 0 spiro atoms. The maximum atomic E-state index is 6.14. The van der Waals surface area contributed by atoms with Crippen molar-refractivity contribution in [3.8, 4) is 0 Å². The van der Waals surface area contributed by atoms with Crippen LogP contribution in [0.1, 0.15) is 31.2 Å². The summed E-state index contributed by atoms with van der Waals surface area (Å²) in [6, 6.07) is 4.40. The van der Waals surface area contributed by atoms with Gasteiger partial charge in [0, 0.05) is 29.4 Å². The smallest absolute Gasteiger partial charge is 0.0270 e. The summed E-state index contributed by atoms with van der Waals surface area (Å²) in [4.78, 5) is 4.02. The van der Waals surface area contributed by atoms with E-state index in [-0.39, 0.29) is 6.04 Å². The maximum absolute atomic E-state index is 6.14. The van der Waals surface area contributed by atoms with Crippen LogP contribution < -0.4 is 5.73 Å². The van der Waals surface area contributed by atoms with Gasteiger partial charge in [0.25, 0.3) is 0 Å². The number of pyridine rings is 1. The summed E-state index contributed by atoms with van der Waals surface area (Å²) in [7, 11) is 0. The standard InChI is InChI=1S/C13H20N2S/c14-12(9-11-5-7-15-8-6-11)10-16-13-3-1-2-4-13/h5-8,12-13H,1-4,9-10,14H2. The molecule has 1 aromatic rings. The van der Waals surface area contributed by atoms with Gasteiger partial charge in [0.2, 0.25) is 0 Å². The average molecular weight is 236 g/mol. The summed E-state index contributed by atoms with van der Waals surface area (Å²) in [5.41, 5.74) is 7.44. The van der Waals surface area contributed by atoms with Crippen LogP contribution in [0.4, 0.5) is 0 Å². The van der Waals surface area contributed by atoms with Gasteiger partial charge < -0.3 is 5.73 Å². The maximum Gasteiger partial charge on any atom is 0.0270 e. The highest BCUT2D eigenvalue weighted by atomic mass is 32.2. The van der Waals surface area contributed by atoms with Crippen molar-refractivity contribution in [2.24, 2.45) is 5.73 Å². The third-order valence-electron chi connectivity index (χ3n) is 3.10. The molecule has 2 nitrogen and oxygen atoms in total. The van der Waals surface area contributed by atoms with Gasteiger partial charge in [-0.25, -0.2) is 0 Å². The first-order chi connectivity index (χ1) is 7.84. The highest BCUT2D eigenvalue weighted by molar-refractivity contribution is 7.99. The topological polar surface area (TPSA) is 38.9 Å². The van der Waals surface area contributed by atoms with Crippen LogP contribution in [0.25, 0.3) is 0 Å². The van der Waals surface area contributed by atoms with E-state index in [9.17, 15) is 0 Å². The molecule has 88 valence electrons. The van der Waals surface area contributed by atoms with Crippen molar-refractivity contribution in [1.29, 1.82) is 0 Å². The van der Waals surface area contributed by atoms with Gasteiger partial charge in [-0.3, -0.25) is 4.98 Å². The van der Waals surface area contributed by atoms with E-state index in [4.69, 9.17) is 5.73 Å². The molecule has 1 atom stereocenters. The van der Waals surface area contributed by atoms with Crippen molar-refractivity contribution in [1.82, 2.24) is 4.98 Å². The van der Waals surface area contributed by atoms with Crippen LogP contribution in [0.5, 0.6) is 0 Å². The largest absolute Gasteiger partial charge is 0.327 e. The number of hydrogen-bond acceptors (Lipinski definition) is 3. The third-order valence-corrected chi connectivity index (χ3v) is 4.66. The van der Waals surface area contributed by atoms with E-state index in [0.29, 0.717) is 0 Å². The second-order valence-corrected chi connectivity index (χ2v) is 5.89. The quantitative estimate of drug-likeness (QED) is 0.854. The molecule has 1 heterocycles. The molecule has 1 aromatic heterocycles. The van der Waals surface area contributed by atoms with Crippen LogP contribution in [0.15, 0.2) is 24.5 Å². The molecule has 1 aliphatic carbocycles. The Morgan fingerprint density at radius 1 is 1.31 bits per heavy atom. The van der Waals surface area contributed by atoms with Crippen LogP contribution in [-0.2, 0) is 6.42 Å². The molecule has 1 saturated carbocycles. The molecule has 0 amide bonds. The zero-order chi connectivity index (χ0) is 11.2. The van der Waals surface area contributed by atoms with Crippen LogP contribution in [-0.4, -0.2) is 22.0 Å². The van der Waals surface area contributed by atoms with E-state index in [1.165, 1.54) is 31.2 Å². The van der Waals surface area contributed by atoms with Crippen LogP contribution >= 0.6 is 11.8 Å². The second-order valence-electron chi connectivity index (χ2n) is 4.56. The first-order valence-electron chi connectivity index (χ1n) is 6.10. The van der Waals surface area contributed by atoms with E-state index < -0.39 is 0 Å². The summed E-state index contributed by atoms with van der Waals surface area (Å²) >= 11 is 2.07. The van der Waals surface area contributed by atoms with Gasteiger partial charge in [-0.05, 0) is 37.0 Å². The molecule has 1 fully saturated rings. The predicted molar refractivity (Wildman–Crippen MR) is 70.6 cm³/mol. The third kappa shape index (κ3) is 3.80. The fraction of sp³-hybridized carbons (Fsp3) is 0.615. The van der Waals surface area contributed by atoms with Crippen LogP contribution in [0, 0.1) is 0 Å². The zero-order valence-electron chi connectivity index (χ0n) is 9.64. The van der Waals surface area contributed by atoms with Crippen molar-refractivity contribution >= 4 is 11.8 Å². The van der Waals surface area contributed by atoms with Crippen molar-refractivity contribution in [3.05, 3.63) is 30.1 Å². The fourth-order valence-corrected chi connectivity index (χ4v) is 3.50. The van der Waals surface area contributed by atoms with Crippen LogP contribution in [0.3, 0.4) is 0 Å². The number of aromatic nitrogens is 1. The van der Waals surface area contributed by atoms with Crippen molar-refractivity contribution in [3.63, 3.8) is 0 Å². The lowest BCUT2D eigenvalue weighted by molar-refractivity contribution is 0.743. The van der Waals surface area contributed by atoms with Gasteiger partial charge in [0.15, 0.2) is 0 Å². The van der Waals surface area contributed by atoms with Crippen molar-refractivity contribution in [2.75, 3.05) is 5.75 Å². The molecule has 0 radical (unpaired) electrons. The lowest BCUT2D eigenvalue weighted by atomic mass is 10.1.